The molecule has 0 aliphatic rings. The van der Waals surface area contributed by atoms with Gasteiger partial charge in [0.15, 0.2) is 12.4 Å². The summed E-state index contributed by atoms with van der Waals surface area (Å²) in [6, 6.07) is 3.63. The summed E-state index contributed by atoms with van der Waals surface area (Å²) in [5.74, 6) is 0. The van der Waals surface area contributed by atoms with E-state index in [-0.39, 0.29) is 0 Å². The van der Waals surface area contributed by atoms with Crippen LogP contribution in [0.5, 0.6) is 0 Å². The maximum absolute atomic E-state index is 10.6. The molecule has 0 amide bonds. The topological polar surface area (TPSA) is 39.0 Å². The molecule has 0 unspecified atom stereocenters. The first-order valence-corrected chi connectivity index (χ1v) is 3.71. The zero-order valence-electron chi connectivity index (χ0n) is 6.58. The van der Waals surface area contributed by atoms with Crippen molar-refractivity contribution in [2.45, 2.75) is 13.5 Å². The quantitative estimate of drug-likeness (QED) is 0.504. The molecule has 1 aromatic heterocycles. The van der Waals surface area contributed by atoms with Gasteiger partial charge in [0.25, 0.3) is 0 Å². The third-order valence-electron chi connectivity index (χ3n) is 1.45. The molecule has 3 nitrogen and oxygen atoms in total. The van der Waals surface area contributed by atoms with Gasteiger partial charge in [-0.15, -0.1) is 0 Å². The summed E-state index contributed by atoms with van der Waals surface area (Å²) in [6.45, 7) is 3.83. The normalized spacial score (nSPS) is 9.91. The third kappa shape index (κ3) is 2.55. The van der Waals surface area contributed by atoms with Gasteiger partial charge in [0.1, 0.15) is 0 Å². The highest BCUT2D eigenvalue weighted by Gasteiger charge is 1.92. The first-order valence-electron chi connectivity index (χ1n) is 3.71. The maximum atomic E-state index is 10.6. The van der Waals surface area contributed by atoms with E-state index < -0.39 is 0 Å². The summed E-state index contributed by atoms with van der Waals surface area (Å²) >= 11 is 0. The fraction of sp³-hybridized carbons (Fsp3) is 0.375. The van der Waals surface area contributed by atoms with Gasteiger partial charge in [-0.25, -0.2) is 0 Å². The van der Waals surface area contributed by atoms with Crippen LogP contribution >= 0.6 is 0 Å². The largest absolute Gasteiger partial charge is 0.619 e. The Hall–Kier alpha value is -1.09. The van der Waals surface area contributed by atoms with Crippen molar-refractivity contribution in [3.05, 3.63) is 35.3 Å². The summed E-state index contributed by atoms with van der Waals surface area (Å²) < 4.78 is 0.787. The molecule has 0 radical (unpaired) electrons. The lowest BCUT2D eigenvalue weighted by Gasteiger charge is -2.00. The molecule has 0 atom stereocenters. The predicted octanol–water partition coefficient (Wildman–Crippen LogP) is 0.429. The Labute approximate surface area is 66.3 Å². The second-order valence-electron chi connectivity index (χ2n) is 2.35. The van der Waals surface area contributed by atoms with E-state index in [1.54, 1.807) is 0 Å². The van der Waals surface area contributed by atoms with E-state index in [0.29, 0.717) is 0 Å². The van der Waals surface area contributed by atoms with Crippen LogP contribution in [-0.4, -0.2) is 6.54 Å². The van der Waals surface area contributed by atoms with E-state index in [9.17, 15) is 5.21 Å². The first kappa shape index (κ1) is 8.01. The lowest BCUT2D eigenvalue weighted by molar-refractivity contribution is -0.605. The maximum Gasteiger partial charge on any atom is 0.180 e. The number of rotatable bonds is 3. The molecule has 0 bridgehead atoms. The predicted molar refractivity (Wildman–Crippen MR) is 42.8 cm³/mol. The van der Waals surface area contributed by atoms with E-state index in [4.69, 9.17) is 0 Å². The molecule has 0 aliphatic carbocycles. The number of nitrogens with zero attached hydrogens (tertiary/aromatic N) is 1. The summed E-state index contributed by atoms with van der Waals surface area (Å²) in [6.07, 6.45) is 3.01. The Morgan fingerprint density at radius 1 is 1.45 bits per heavy atom. The fourth-order valence-electron chi connectivity index (χ4n) is 0.831. The van der Waals surface area contributed by atoms with Crippen LogP contribution in [0.2, 0.25) is 0 Å². The Bertz CT molecular complexity index is 208. The second-order valence-corrected chi connectivity index (χ2v) is 2.35. The minimum absolute atomic E-state index is 0.787. The van der Waals surface area contributed by atoms with Gasteiger partial charge in [0.05, 0.1) is 0 Å². The molecule has 1 N–H and O–H groups in total. The van der Waals surface area contributed by atoms with E-state index in [1.165, 1.54) is 12.4 Å². The standard InChI is InChI=1S/C8H12N2O/c1-2-9-7-8-3-5-10(11)6-4-8/h3-6,9H,2,7H2,1H3. The molecule has 3 heteroatoms. The molecular formula is C8H12N2O. The Morgan fingerprint density at radius 2 is 2.09 bits per heavy atom. The monoisotopic (exact) mass is 152 g/mol. The van der Waals surface area contributed by atoms with Crippen LogP contribution in [0.25, 0.3) is 0 Å². The van der Waals surface area contributed by atoms with Gasteiger partial charge in [-0.1, -0.05) is 6.92 Å². The Morgan fingerprint density at radius 3 is 2.64 bits per heavy atom. The van der Waals surface area contributed by atoms with Gasteiger partial charge in [-0.2, -0.15) is 4.73 Å². The Balaban J connectivity index is 2.52. The van der Waals surface area contributed by atoms with Crippen LogP contribution in [0.3, 0.4) is 0 Å². The molecule has 60 valence electrons. The van der Waals surface area contributed by atoms with Gasteiger partial charge in [0, 0.05) is 18.7 Å². The highest BCUT2D eigenvalue weighted by atomic mass is 16.5. The van der Waals surface area contributed by atoms with Crippen molar-refractivity contribution < 1.29 is 4.73 Å². The van der Waals surface area contributed by atoms with Crippen LogP contribution < -0.4 is 10.0 Å². The molecule has 1 rings (SSSR count). The van der Waals surface area contributed by atoms with Gasteiger partial charge in [-0.3, -0.25) is 0 Å². The van der Waals surface area contributed by atoms with Gasteiger partial charge in [-0.05, 0) is 12.1 Å². The highest BCUT2D eigenvalue weighted by molar-refractivity contribution is 5.06. The van der Waals surface area contributed by atoms with Crippen LogP contribution in [-0.2, 0) is 6.54 Å². The van der Waals surface area contributed by atoms with E-state index in [0.717, 1.165) is 23.4 Å². The van der Waals surface area contributed by atoms with Crippen molar-refractivity contribution in [3.8, 4) is 0 Å². The van der Waals surface area contributed by atoms with Crippen LogP contribution in [0, 0.1) is 5.21 Å². The lowest BCUT2D eigenvalue weighted by Crippen LogP contribution is -2.24. The second kappa shape index (κ2) is 3.93. The van der Waals surface area contributed by atoms with E-state index in [2.05, 4.69) is 12.2 Å². The first-order chi connectivity index (χ1) is 5.33. The summed E-state index contributed by atoms with van der Waals surface area (Å²) in [5.41, 5.74) is 1.14. The molecular weight excluding hydrogens is 140 g/mol. The molecule has 0 aromatic carbocycles. The number of nitrogens with one attached hydrogen (secondary N) is 1. The van der Waals surface area contributed by atoms with Crippen molar-refractivity contribution >= 4 is 0 Å². The molecule has 0 spiro atoms. The van der Waals surface area contributed by atoms with Crippen LogP contribution in [0.15, 0.2) is 24.5 Å². The van der Waals surface area contributed by atoms with Crippen molar-refractivity contribution in [1.82, 2.24) is 5.32 Å². The third-order valence-corrected chi connectivity index (χ3v) is 1.45. The Kier molecular flexibility index (Phi) is 2.86. The highest BCUT2D eigenvalue weighted by Crippen LogP contribution is 1.92. The number of aromatic nitrogens is 1. The zero-order chi connectivity index (χ0) is 8.10. The van der Waals surface area contributed by atoms with Crippen molar-refractivity contribution in [1.29, 1.82) is 0 Å². The molecule has 0 saturated heterocycles. The molecule has 1 heterocycles. The summed E-state index contributed by atoms with van der Waals surface area (Å²) in [4.78, 5) is 0. The van der Waals surface area contributed by atoms with Gasteiger partial charge < -0.3 is 10.5 Å². The van der Waals surface area contributed by atoms with E-state index in [1.807, 2.05) is 12.1 Å². The van der Waals surface area contributed by atoms with Crippen molar-refractivity contribution in [2.75, 3.05) is 6.54 Å². The minimum Gasteiger partial charge on any atom is -0.619 e. The average molecular weight is 152 g/mol. The van der Waals surface area contributed by atoms with Crippen molar-refractivity contribution in [3.63, 3.8) is 0 Å². The minimum atomic E-state index is 0.787. The molecule has 0 saturated carbocycles. The summed E-state index contributed by atoms with van der Waals surface area (Å²) in [5, 5.41) is 13.8. The average Bonchev–Trinajstić information content (AvgIpc) is 2.04. The molecule has 0 aliphatic heterocycles. The van der Waals surface area contributed by atoms with Gasteiger partial charge >= 0.3 is 0 Å². The molecule has 1 aromatic rings. The smallest absolute Gasteiger partial charge is 0.180 e. The summed E-state index contributed by atoms with van der Waals surface area (Å²) in [7, 11) is 0. The van der Waals surface area contributed by atoms with Gasteiger partial charge in [0.2, 0.25) is 0 Å². The molecule has 11 heavy (non-hydrogen) atoms. The zero-order valence-corrected chi connectivity index (χ0v) is 6.58. The number of hydrogen-bond donors (Lipinski definition) is 1. The SMILES string of the molecule is CCNCc1cc[n+]([O-])cc1. The lowest BCUT2D eigenvalue weighted by atomic mass is 10.3. The fourth-order valence-corrected chi connectivity index (χ4v) is 0.831. The van der Waals surface area contributed by atoms with Crippen LogP contribution in [0.1, 0.15) is 12.5 Å². The molecule has 0 fully saturated rings. The van der Waals surface area contributed by atoms with Crippen LogP contribution in [0.4, 0.5) is 0 Å². The number of pyridine rings is 1. The van der Waals surface area contributed by atoms with Crippen molar-refractivity contribution in [2.24, 2.45) is 0 Å². The van der Waals surface area contributed by atoms with E-state index >= 15 is 0 Å². The number of hydrogen-bond acceptors (Lipinski definition) is 2.